The molecule has 0 heterocycles. The van der Waals surface area contributed by atoms with E-state index in [9.17, 15) is 4.39 Å². The number of nitrogens with zero attached hydrogens (tertiary/aromatic N) is 2. The van der Waals surface area contributed by atoms with E-state index in [0.29, 0.717) is 12.5 Å². The van der Waals surface area contributed by atoms with Crippen molar-refractivity contribution in [2.45, 2.75) is 20.4 Å². The van der Waals surface area contributed by atoms with Gasteiger partial charge in [0.25, 0.3) is 0 Å². The molecule has 1 aromatic carbocycles. The number of hydrogen-bond donors (Lipinski definition) is 1. The lowest BCUT2D eigenvalue weighted by Gasteiger charge is -2.19. The number of rotatable bonds is 4. The molecule has 0 atom stereocenters. The third kappa shape index (κ3) is 4.97. The van der Waals surface area contributed by atoms with Gasteiger partial charge in [-0.25, -0.2) is 9.38 Å². The van der Waals surface area contributed by atoms with Gasteiger partial charge in [-0.15, -0.1) is 24.0 Å². The summed E-state index contributed by atoms with van der Waals surface area (Å²) in [6.07, 6.45) is 0. The summed E-state index contributed by atoms with van der Waals surface area (Å²) in [5.74, 6) is 0.0755. The van der Waals surface area contributed by atoms with Crippen molar-refractivity contribution in [3.8, 4) is 0 Å². The van der Waals surface area contributed by atoms with Crippen LogP contribution in [0.5, 0.6) is 0 Å². The standard InChI is InChI=1S/C12H17ClFN3.HI/c1-3-17(4-2)12(15)16-8-9-5-6-11(14)10(13)7-9;/h5-7H,3-4,8H2,1-2H3,(H2,15,16);1H. The molecule has 102 valence electrons. The highest BCUT2D eigenvalue weighted by Gasteiger charge is 2.03. The highest BCUT2D eigenvalue weighted by atomic mass is 127. The van der Waals surface area contributed by atoms with Crippen LogP contribution in [-0.4, -0.2) is 23.9 Å². The first-order valence-corrected chi connectivity index (χ1v) is 5.95. The second kappa shape index (κ2) is 8.53. The quantitative estimate of drug-likeness (QED) is 0.491. The molecule has 0 aliphatic carbocycles. The summed E-state index contributed by atoms with van der Waals surface area (Å²) in [5, 5.41) is 0.110. The van der Waals surface area contributed by atoms with E-state index < -0.39 is 5.82 Å². The zero-order valence-corrected chi connectivity index (χ0v) is 13.6. The maximum absolute atomic E-state index is 12.9. The fourth-order valence-corrected chi connectivity index (χ4v) is 1.66. The zero-order valence-electron chi connectivity index (χ0n) is 10.5. The van der Waals surface area contributed by atoms with Crippen LogP contribution < -0.4 is 5.73 Å². The van der Waals surface area contributed by atoms with Gasteiger partial charge in [0.1, 0.15) is 5.82 Å². The van der Waals surface area contributed by atoms with Gasteiger partial charge in [0.15, 0.2) is 5.96 Å². The minimum Gasteiger partial charge on any atom is -0.370 e. The van der Waals surface area contributed by atoms with Gasteiger partial charge in [0.2, 0.25) is 0 Å². The van der Waals surface area contributed by atoms with Crippen LogP contribution in [-0.2, 0) is 6.54 Å². The number of hydrogen-bond acceptors (Lipinski definition) is 1. The van der Waals surface area contributed by atoms with E-state index in [4.69, 9.17) is 17.3 Å². The van der Waals surface area contributed by atoms with Crippen molar-refractivity contribution in [1.29, 1.82) is 0 Å². The summed E-state index contributed by atoms with van der Waals surface area (Å²) in [5.41, 5.74) is 6.66. The van der Waals surface area contributed by atoms with Crippen LogP contribution in [0.1, 0.15) is 19.4 Å². The fraction of sp³-hybridized carbons (Fsp3) is 0.417. The van der Waals surface area contributed by atoms with Gasteiger partial charge in [-0.05, 0) is 31.5 Å². The Balaban J connectivity index is 0.00000289. The van der Waals surface area contributed by atoms with Crippen LogP contribution in [0.3, 0.4) is 0 Å². The number of benzene rings is 1. The van der Waals surface area contributed by atoms with E-state index >= 15 is 0 Å². The molecule has 2 N–H and O–H groups in total. The Hall–Kier alpha value is -0.560. The fourth-order valence-electron chi connectivity index (χ4n) is 1.46. The molecule has 0 aliphatic heterocycles. The van der Waals surface area contributed by atoms with Crippen molar-refractivity contribution in [2.75, 3.05) is 13.1 Å². The van der Waals surface area contributed by atoms with Crippen molar-refractivity contribution in [1.82, 2.24) is 4.90 Å². The SMILES string of the molecule is CCN(CC)C(N)=NCc1ccc(F)c(Cl)c1.I. The second-order valence-electron chi connectivity index (χ2n) is 3.60. The molecule has 0 spiro atoms. The van der Waals surface area contributed by atoms with Gasteiger partial charge in [0, 0.05) is 13.1 Å². The van der Waals surface area contributed by atoms with Gasteiger partial charge in [-0.1, -0.05) is 17.7 Å². The molecule has 0 aromatic heterocycles. The normalized spacial score (nSPS) is 11.0. The molecule has 0 saturated carbocycles. The summed E-state index contributed by atoms with van der Waals surface area (Å²) in [6, 6.07) is 4.55. The lowest BCUT2D eigenvalue weighted by molar-refractivity contribution is 0.458. The molecule has 1 rings (SSSR count). The third-order valence-electron chi connectivity index (χ3n) is 2.50. The summed E-state index contributed by atoms with van der Waals surface area (Å²) in [4.78, 5) is 6.20. The van der Waals surface area contributed by atoms with E-state index in [1.807, 2.05) is 18.7 Å². The Labute approximate surface area is 129 Å². The van der Waals surface area contributed by atoms with Crippen molar-refractivity contribution in [3.63, 3.8) is 0 Å². The second-order valence-corrected chi connectivity index (χ2v) is 4.00. The van der Waals surface area contributed by atoms with Crippen molar-refractivity contribution in [2.24, 2.45) is 10.7 Å². The first kappa shape index (κ1) is 17.4. The van der Waals surface area contributed by atoms with E-state index in [-0.39, 0.29) is 29.0 Å². The Bertz CT molecular complexity index is 408. The first-order valence-electron chi connectivity index (χ1n) is 5.57. The average Bonchev–Trinajstić information content (AvgIpc) is 2.32. The Kier molecular flexibility index (Phi) is 8.26. The van der Waals surface area contributed by atoms with Gasteiger partial charge in [-0.2, -0.15) is 0 Å². The summed E-state index contributed by atoms with van der Waals surface area (Å²) >= 11 is 5.68. The van der Waals surface area contributed by atoms with E-state index in [1.165, 1.54) is 6.07 Å². The van der Waals surface area contributed by atoms with Crippen LogP contribution in [0.15, 0.2) is 23.2 Å². The third-order valence-corrected chi connectivity index (χ3v) is 2.78. The monoisotopic (exact) mass is 385 g/mol. The van der Waals surface area contributed by atoms with Crippen LogP contribution >= 0.6 is 35.6 Å². The molecular weight excluding hydrogens is 368 g/mol. The van der Waals surface area contributed by atoms with Crippen LogP contribution in [0, 0.1) is 5.82 Å². The maximum Gasteiger partial charge on any atom is 0.191 e. The molecule has 0 amide bonds. The predicted octanol–water partition coefficient (Wildman–Crippen LogP) is 3.25. The van der Waals surface area contributed by atoms with E-state index in [2.05, 4.69) is 4.99 Å². The molecule has 6 heteroatoms. The van der Waals surface area contributed by atoms with E-state index in [1.54, 1.807) is 12.1 Å². The van der Waals surface area contributed by atoms with Crippen molar-refractivity contribution < 1.29 is 4.39 Å². The molecular formula is C12H18ClFIN3. The average molecular weight is 386 g/mol. The lowest BCUT2D eigenvalue weighted by atomic mass is 10.2. The smallest absolute Gasteiger partial charge is 0.191 e. The summed E-state index contributed by atoms with van der Waals surface area (Å²) in [7, 11) is 0. The Morgan fingerprint density at radius 3 is 2.50 bits per heavy atom. The number of guanidine groups is 1. The molecule has 0 radical (unpaired) electrons. The van der Waals surface area contributed by atoms with Crippen LogP contribution in [0.4, 0.5) is 4.39 Å². The largest absolute Gasteiger partial charge is 0.370 e. The number of aliphatic imine (C=N–C) groups is 1. The molecule has 18 heavy (non-hydrogen) atoms. The summed E-state index contributed by atoms with van der Waals surface area (Å²) < 4.78 is 12.9. The highest BCUT2D eigenvalue weighted by molar-refractivity contribution is 14.0. The van der Waals surface area contributed by atoms with Crippen molar-refractivity contribution >= 4 is 41.5 Å². The van der Waals surface area contributed by atoms with Crippen LogP contribution in [0.25, 0.3) is 0 Å². The maximum atomic E-state index is 12.9. The molecule has 1 aromatic rings. The topological polar surface area (TPSA) is 41.6 Å². The highest BCUT2D eigenvalue weighted by Crippen LogP contribution is 2.16. The minimum atomic E-state index is -0.420. The molecule has 0 saturated heterocycles. The molecule has 0 unspecified atom stereocenters. The minimum absolute atomic E-state index is 0. The Morgan fingerprint density at radius 1 is 1.39 bits per heavy atom. The number of nitrogens with two attached hydrogens (primary N) is 1. The number of halogens is 3. The van der Waals surface area contributed by atoms with Crippen LogP contribution in [0.2, 0.25) is 5.02 Å². The summed E-state index contributed by atoms with van der Waals surface area (Å²) in [6.45, 7) is 6.07. The van der Waals surface area contributed by atoms with Gasteiger partial charge in [-0.3, -0.25) is 0 Å². The van der Waals surface area contributed by atoms with Gasteiger partial charge < -0.3 is 10.6 Å². The Morgan fingerprint density at radius 2 is 2.00 bits per heavy atom. The molecule has 0 fully saturated rings. The van der Waals surface area contributed by atoms with Gasteiger partial charge >= 0.3 is 0 Å². The predicted molar refractivity (Wildman–Crippen MR) is 85.1 cm³/mol. The molecule has 0 aliphatic rings. The first-order chi connectivity index (χ1) is 8.08. The van der Waals surface area contributed by atoms with Gasteiger partial charge in [0.05, 0.1) is 11.6 Å². The molecule has 0 bridgehead atoms. The van der Waals surface area contributed by atoms with E-state index in [0.717, 1.165) is 18.7 Å². The lowest BCUT2D eigenvalue weighted by Crippen LogP contribution is -2.37. The molecule has 3 nitrogen and oxygen atoms in total. The van der Waals surface area contributed by atoms with Crippen molar-refractivity contribution in [3.05, 3.63) is 34.6 Å². The zero-order chi connectivity index (χ0) is 12.8.